The average Bonchev–Trinajstić information content (AvgIpc) is 2.95. The molecule has 2 rings (SSSR count). The number of alkyl halides is 2. The summed E-state index contributed by atoms with van der Waals surface area (Å²) in [4.78, 5) is 12.1. The highest BCUT2D eigenvalue weighted by atomic mass is 32.1. The molecule has 0 aliphatic rings. The molecule has 7 heteroatoms. The number of carbonyl (C=O) groups is 1. The van der Waals surface area contributed by atoms with Crippen molar-refractivity contribution in [2.24, 2.45) is 0 Å². The molecule has 21 heavy (non-hydrogen) atoms. The van der Waals surface area contributed by atoms with Crippen LogP contribution in [0, 0.1) is 13.8 Å². The van der Waals surface area contributed by atoms with Crippen LogP contribution in [0.1, 0.15) is 52.5 Å². The molecule has 1 N–H and O–H groups in total. The van der Waals surface area contributed by atoms with Crippen LogP contribution in [0.5, 0.6) is 0 Å². The molecule has 0 bridgehead atoms. The number of aromatic nitrogens is 1. The second kappa shape index (κ2) is 5.55. The normalized spacial score (nSPS) is 12.0. The van der Waals surface area contributed by atoms with E-state index in [4.69, 9.17) is 4.52 Å². The molecule has 4 nitrogen and oxygen atoms in total. The van der Waals surface area contributed by atoms with Gasteiger partial charge in [-0.2, -0.15) is 0 Å². The Labute approximate surface area is 125 Å². The molecular weight excluding hydrogens is 298 g/mol. The van der Waals surface area contributed by atoms with E-state index in [9.17, 15) is 13.6 Å². The number of aryl methyl sites for hydroxylation is 2. The van der Waals surface area contributed by atoms with Crippen LogP contribution in [0.3, 0.4) is 0 Å². The highest BCUT2D eigenvalue weighted by Crippen LogP contribution is 2.31. The summed E-state index contributed by atoms with van der Waals surface area (Å²) < 4.78 is 30.8. The number of halogens is 2. The quantitative estimate of drug-likeness (QED) is 0.929. The second-order valence-corrected chi connectivity index (χ2v) is 6.23. The minimum absolute atomic E-state index is 0.00911. The molecule has 0 saturated heterocycles. The maximum absolute atomic E-state index is 12.9. The lowest BCUT2D eigenvalue weighted by Gasteiger charge is -2.26. The molecule has 2 aromatic rings. The Balaban J connectivity index is 2.28. The molecule has 2 aromatic heterocycles. The van der Waals surface area contributed by atoms with E-state index < -0.39 is 17.9 Å². The van der Waals surface area contributed by atoms with Crippen LogP contribution in [0.2, 0.25) is 0 Å². The number of amides is 1. The van der Waals surface area contributed by atoms with E-state index in [0.717, 1.165) is 16.9 Å². The van der Waals surface area contributed by atoms with Crippen molar-refractivity contribution >= 4 is 17.2 Å². The van der Waals surface area contributed by atoms with Crippen LogP contribution in [-0.4, -0.2) is 11.1 Å². The maximum Gasteiger partial charge on any atom is 0.273 e. The Morgan fingerprint density at radius 2 is 2.10 bits per heavy atom. The van der Waals surface area contributed by atoms with Gasteiger partial charge in [-0.1, -0.05) is 5.16 Å². The highest BCUT2D eigenvalue weighted by Gasteiger charge is 2.31. The first-order valence-electron chi connectivity index (χ1n) is 6.35. The molecule has 0 aromatic carbocycles. The number of carbonyl (C=O) groups excluding carboxylic acids is 1. The molecule has 0 atom stereocenters. The van der Waals surface area contributed by atoms with Crippen molar-refractivity contribution in [2.45, 2.75) is 39.7 Å². The molecular formula is C14H16F2N2O2S. The third-order valence-corrected chi connectivity index (χ3v) is 4.15. The summed E-state index contributed by atoms with van der Waals surface area (Å²) >= 11 is 0.874. The minimum atomic E-state index is -2.66. The Kier molecular flexibility index (Phi) is 4.13. The van der Waals surface area contributed by atoms with E-state index in [1.807, 2.05) is 0 Å². The van der Waals surface area contributed by atoms with Crippen LogP contribution >= 0.6 is 11.3 Å². The Morgan fingerprint density at radius 3 is 2.62 bits per heavy atom. The van der Waals surface area contributed by atoms with Crippen molar-refractivity contribution < 1.29 is 18.1 Å². The molecule has 1 amide bonds. The summed E-state index contributed by atoms with van der Waals surface area (Å²) in [5.41, 5.74) is 0.656. The summed E-state index contributed by atoms with van der Waals surface area (Å²) in [7, 11) is 0. The van der Waals surface area contributed by atoms with Crippen LogP contribution in [0.4, 0.5) is 8.78 Å². The summed E-state index contributed by atoms with van der Waals surface area (Å²) in [6.45, 7) is 7.09. The molecule has 0 spiro atoms. The van der Waals surface area contributed by atoms with Gasteiger partial charge in [0.05, 0.1) is 21.7 Å². The third kappa shape index (κ3) is 2.97. The fraction of sp³-hybridized carbons (Fsp3) is 0.429. The summed E-state index contributed by atoms with van der Waals surface area (Å²) in [6, 6.07) is 1.41. The van der Waals surface area contributed by atoms with E-state index in [0.29, 0.717) is 11.5 Å². The van der Waals surface area contributed by atoms with Gasteiger partial charge in [0.2, 0.25) is 0 Å². The van der Waals surface area contributed by atoms with Gasteiger partial charge in [0, 0.05) is 5.56 Å². The van der Waals surface area contributed by atoms with Gasteiger partial charge in [-0.25, -0.2) is 8.78 Å². The number of hydrogen-bond donors (Lipinski definition) is 1. The monoisotopic (exact) mass is 314 g/mol. The van der Waals surface area contributed by atoms with Gasteiger partial charge in [0.1, 0.15) is 5.76 Å². The molecule has 2 heterocycles. The minimum Gasteiger partial charge on any atom is -0.361 e. The number of nitrogens with one attached hydrogen (secondary N) is 1. The smallest absolute Gasteiger partial charge is 0.273 e. The lowest BCUT2D eigenvalue weighted by atomic mass is 9.92. The van der Waals surface area contributed by atoms with E-state index in [2.05, 4.69) is 10.5 Å². The van der Waals surface area contributed by atoms with Gasteiger partial charge in [-0.3, -0.25) is 4.79 Å². The van der Waals surface area contributed by atoms with E-state index in [1.165, 1.54) is 11.4 Å². The van der Waals surface area contributed by atoms with Crippen molar-refractivity contribution in [1.29, 1.82) is 0 Å². The fourth-order valence-electron chi connectivity index (χ4n) is 2.47. The molecule has 114 valence electrons. The zero-order valence-corrected chi connectivity index (χ0v) is 13.0. The predicted octanol–water partition coefficient (Wildman–Crippen LogP) is 3.96. The van der Waals surface area contributed by atoms with Crippen molar-refractivity contribution in [3.8, 4) is 0 Å². The Bertz CT molecular complexity index is 642. The van der Waals surface area contributed by atoms with Gasteiger partial charge in [0.25, 0.3) is 12.3 Å². The first-order chi connectivity index (χ1) is 9.74. The molecule has 0 saturated carbocycles. The largest absolute Gasteiger partial charge is 0.361 e. The topological polar surface area (TPSA) is 55.1 Å². The van der Waals surface area contributed by atoms with Crippen molar-refractivity contribution in [3.63, 3.8) is 0 Å². The Morgan fingerprint density at radius 1 is 1.43 bits per heavy atom. The lowest BCUT2D eigenvalue weighted by molar-refractivity contribution is 0.0900. The second-order valence-electron chi connectivity index (χ2n) is 5.28. The van der Waals surface area contributed by atoms with Crippen LogP contribution in [0.15, 0.2) is 16.0 Å². The van der Waals surface area contributed by atoms with Crippen LogP contribution in [0.25, 0.3) is 0 Å². The Hall–Kier alpha value is -1.76. The van der Waals surface area contributed by atoms with Gasteiger partial charge in [-0.15, -0.1) is 11.3 Å². The van der Waals surface area contributed by atoms with Crippen LogP contribution < -0.4 is 5.32 Å². The number of nitrogens with zero attached hydrogens (tertiary/aromatic N) is 1. The third-order valence-electron chi connectivity index (χ3n) is 3.22. The predicted molar refractivity (Wildman–Crippen MR) is 75.7 cm³/mol. The molecule has 0 radical (unpaired) electrons. The van der Waals surface area contributed by atoms with E-state index in [1.54, 1.807) is 27.7 Å². The zero-order valence-electron chi connectivity index (χ0n) is 12.2. The van der Waals surface area contributed by atoms with Gasteiger partial charge in [0.15, 0.2) is 0 Å². The highest BCUT2D eigenvalue weighted by molar-refractivity contribution is 7.10. The van der Waals surface area contributed by atoms with Crippen LogP contribution in [-0.2, 0) is 5.54 Å². The van der Waals surface area contributed by atoms with Crippen molar-refractivity contribution in [1.82, 2.24) is 10.5 Å². The number of hydrogen-bond acceptors (Lipinski definition) is 4. The standard InChI is InChI=1S/C14H16F2N2O2S/c1-7-10(8(2)20-18-7)14(3,4)17-13(19)9-5-6-21-11(9)12(15)16/h5-6,12H,1-4H3,(H,17,19). The molecule has 0 aliphatic heterocycles. The SMILES string of the molecule is Cc1noc(C)c1C(C)(C)NC(=O)c1ccsc1C(F)F. The molecule has 0 fully saturated rings. The summed E-state index contributed by atoms with van der Waals surface area (Å²) in [6.07, 6.45) is -2.66. The summed E-state index contributed by atoms with van der Waals surface area (Å²) in [5, 5.41) is 8.11. The summed E-state index contributed by atoms with van der Waals surface area (Å²) in [5.74, 6) is 0.0637. The van der Waals surface area contributed by atoms with Gasteiger partial charge in [-0.05, 0) is 39.1 Å². The number of rotatable bonds is 4. The van der Waals surface area contributed by atoms with Crippen molar-refractivity contribution in [3.05, 3.63) is 38.9 Å². The van der Waals surface area contributed by atoms with E-state index in [-0.39, 0.29) is 10.4 Å². The first kappa shape index (κ1) is 15.6. The maximum atomic E-state index is 12.9. The molecule has 0 aliphatic carbocycles. The zero-order chi connectivity index (χ0) is 15.8. The lowest BCUT2D eigenvalue weighted by Crippen LogP contribution is -2.41. The van der Waals surface area contributed by atoms with Crippen molar-refractivity contribution in [2.75, 3.05) is 0 Å². The number of thiophene rings is 1. The average molecular weight is 314 g/mol. The van der Waals surface area contributed by atoms with E-state index >= 15 is 0 Å². The van der Waals surface area contributed by atoms with Gasteiger partial charge < -0.3 is 9.84 Å². The first-order valence-corrected chi connectivity index (χ1v) is 7.23. The van der Waals surface area contributed by atoms with Gasteiger partial charge >= 0.3 is 0 Å². The molecule has 0 unspecified atom stereocenters. The fourth-order valence-corrected chi connectivity index (χ4v) is 3.21.